The van der Waals surface area contributed by atoms with Gasteiger partial charge in [-0.3, -0.25) is 0 Å². The zero-order valence-electron chi connectivity index (χ0n) is 12.6. The van der Waals surface area contributed by atoms with Crippen LogP contribution in [0.3, 0.4) is 0 Å². The van der Waals surface area contributed by atoms with Gasteiger partial charge in [0, 0.05) is 17.0 Å². The molecule has 4 rings (SSSR count). The first-order valence-electron chi connectivity index (χ1n) is 7.17. The van der Waals surface area contributed by atoms with Gasteiger partial charge in [-0.1, -0.05) is 10.3 Å². The van der Waals surface area contributed by atoms with Crippen LogP contribution < -0.4 is 0 Å². The molecular weight excluding hydrogens is 294 g/mol. The quantitative estimate of drug-likeness (QED) is 0.574. The second-order valence-corrected chi connectivity index (χ2v) is 5.31. The monoisotopic (exact) mass is 307 g/mol. The van der Waals surface area contributed by atoms with Gasteiger partial charge in [0.1, 0.15) is 5.76 Å². The molecule has 7 nitrogen and oxygen atoms in total. The molecule has 3 heterocycles. The Bertz CT molecular complexity index is 975. The predicted octanol–water partition coefficient (Wildman–Crippen LogP) is 2.88. The maximum atomic E-state index is 5.36. The van der Waals surface area contributed by atoms with Crippen molar-refractivity contribution in [2.75, 3.05) is 0 Å². The lowest BCUT2D eigenvalue weighted by Gasteiger charge is -2.04. The van der Waals surface area contributed by atoms with Crippen molar-refractivity contribution in [2.45, 2.75) is 20.3 Å². The summed E-state index contributed by atoms with van der Waals surface area (Å²) in [6.45, 7) is 3.97. The molecule has 0 aliphatic heterocycles. The van der Waals surface area contributed by atoms with Crippen LogP contribution in [0.1, 0.15) is 22.8 Å². The topological polar surface area (TPSA) is 90.7 Å². The highest BCUT2D eigenvalue weighted by atomic mass is 16.5. The first-order chi connectivity index (χ1) is 11.2. The summed E-state index contributed by atoms with van der Waals surface area (Å²) in [5, 5.41) is 17.0. The smallest absolute Gasteiger partial charge is 0.257 e. The highest BCUT2D eigenvalue weighted by Gasteiger charge is 2.13. The van der Waals surface area contributed by atoms with Crippen LogP contribution in [0.25, 0.3) is 22.4 Å². The molecule has 7 heteroatoms. The van der Waals surface area contributed by atoms with Crippen molar-refractivity contribution in [1.82, 2.24) is 25.5 Å². The normalized spacial score (nSPS) is 11.2. The van der Waals surface area contributed by atoms with Crippen LogP contribution in [0.15, 0.2) is 39.5 Å². The number of aryl methyl sites for hydroxylation is 2. The van der Waals surface area contributed by atoms with Gasteiger partial charge in [-0.15, -0.1) is 0 Å². The summed E-state index contributed by atoms with van der Waals surface area (Å²) in [7, 11) is 0. The number of hydrogen-bond acceptors (Lipinski definition) is 7. The number of benzene rings is 1. The molecule has 114 valence electrons. The third kappa shape index (κ3) is 2.46. The zero-order valence-corrected chi connectivity index (χ0v) is 12.6. The summed E-state index contributed by atoms with van der Waals surface area (Å²) < 4.78 is 10.4. The number of hydrogen-bond donors (Lipinski definition) is 0. The molecule has 0 amide bonds. The Balaban J connectivity index is 1.71. The first kappa shape index (κ1) is 13.6. The summed E-state index contributed by atoms with van der Waals surface area (Å²) in [6, 6.07) is 7.58. The van der Waals surface area contributed by atoms with E-state index in [1.807, 2.05) is 32.0 Å². The van der Waals surface area contributed by atoms with E-state index in [1.165, 1.54) is 0 Å². The number of rotatable bonds is 3. The van der Waals surface area contributed by atoms with Gasteiger partial charge in [-0.2, -0.15) is 15.2 Å². The number of nitrogens with zero attached hydrogens (tertiary/aromatic N) is 5. The van der Waals surface area contributed by atoms with E-state index in [9.17, 15) is 0 Å². The molecule has 0 bridgehead atoms. The Morgan fingerprint density at radius 3 is 2.78 bits per heavy atom. The summed E-state index contributed by atoms with van der Waals surface area (Å²) in [5.74, 6) is 1.71. The van der Waals surface area contributed by atoms with Crippen molar-refractivity contribution < 1.29 is 9.05 Å². The van der Waals surface area contributed by atoms with E-state index >= 15 is 0 Å². The molecule has 0 saturated heterocycles. The average Bonchev–Trinajstić information content (AvgIpc) is 3.23. The largest absolute Gasteiger partial charge is 0.361 e. The molecular formula is C16H13N5O2. The fourth-order valence-corrected chi connectivity index (χ4v) is 2.39. The van der Waals surface area contributed by atoms with Crippen LogP contribution in [-0.2, 0) is 6.42 Å². The van der Waals surface area contributed by atoms with Crippen LogP contribution in [-0.4, -0.2) is 25.5 Å². The Morgan fingerprint density at radius 1 is 1.04 bits per heavy atom. The minimum Gasteiger partial charge on any atom is -0.361 e. The standard InChI is InChI=1S/C16H13N5O2/c1-9-10(2)19-20-14-4-3-11(7-13(9)14)16-18-15(21-23-16)8-12-5-6-17-22-12/h3-7H,8H2,1-2H3. The van der Waals surface area contributed by atoms with E-state index in [-0.39, 0.29) is 0 Å². The van der Waals surface area contributed by atoms with Gasteiger partial charge in [0.2, 0.25) is 0 Å². The maximum Gasteiger partial charge on any atom is 0.257 e. The molecule has 23 heavy (non-hydrogen) atoms. The molecule has 0 aliphatic rings. The van der Waals surface area contributed by atoms with Crippen molar-refractivity contribution in [3.05, 3.63) is 53.3 Å². The Kier molecular flexibility index (Phi) is 3.11. The first-order valence-corrected chi connectivity index (χ1v) is 7.17. The lowest BCUT2D eigenvalue weighted by Crippen LogP contribution is -1.93. The number of fused-ring (bicyclic) bond motifs is 1. The van der Waals surface area contributed by atoms with Crippen LogP contribution in [0.2, 0.25) is 0 Å². The van der Waals surface area contributed by atoms with E-state index in [1.54, 1.807) is 12.3 Å². The number of aromatic nitrogens is 5. The molecule has 0 spiro atoms. The van der Waals surface area contributed by atoms with Crippen molar-refractivity contribution in [1.29, 1.82) is 0 Å². The van der Waals surface area contributed by atoms with Crippen molar-refractivity contribution in [2.24, 2.45) is 0 Å². The molecule has 0 atom stereocenters. The molecule has 1 aromatic carbocycles. The van der Waals surface area contributed by atoms with Crippen LogP contribution >= 0.6 is 0 Å². The fraction of sp³-hybridized carbons (Fsp3) is 0.188. The van der Waals surface area contributed by atoms with Gasteiger partial charge < -0.3 is 9.05 Å². The van der Waals surface area contributed by atoms with Crippen molar-refractivity contribution in [3.8, 4) is 11.5 Å². The van der Waals surface area contributed by atoms with Crippen LogP contribution in [0.4, 0.5) is 0 Å². The summed E-state index contributed by atoms with van der Waals surface area (Å²) in [4.78, 5) is 4.41. The zero-order chi connectivity index (χ0) is 15.8. The lowest BCUT2D eigenvalue weighted by molar-refractivity contribution is 0.382. The van der Waals surface area contributed by atoms with E-state index in [0.717, 1.165) is 27.7 Å². The SMILES string of the molecule is Cc1nnc2ccc(-c3nc(Cc4ccno4)no3)cc2c1C. The molecule has 0 unspecified atom stereocenters. The fourth-order valence-electron chi connectivity index (χ4n) is 2.39. The third-order valence-corrected chi connectivity index (χ3v) is 3.79. The molecule has 3 aromatic heterocycles. The molecule has 0 aliphatic carbocycles. The minimum absolute atomic E-state index is 0.445. The highest BCUT2D eigenvalue weighted by Crippen LogP contribution is 2.25. The van der Waals surface area contributed by atoms with Crippen LogP contribution in [0, 0.1) is 13.8 Å². The van der Waals surface area contributed by atoms with E-state index in [4.69, 9.17) is 9.05 Å². The second-order valence-electron chi connectivity index (χ2n) is 5.31. The van der Waals surface area contributed by atoms with Gasteiger partial charge in [0.15, 0.2) is 5.82 Å². The maximum absolute atomic E-state index is 5.36. The molecule has 0 saturated carbocycles. The average molecular weight is 307 g/mol. The van der Waals surface area contributed by atoms with Gasteiger partial charge in [0.05, 0.1) is 23.8 Å². The van der Waals surface area contributed by atoms with E-state index in [0.29, 0.717) is 23.9 Å². The van der Waals surface area contributed by atoms with Gasteiger partial charge in [0.25, 0.3) is 5.89 Å². The second kappa shape index (κ2) is 5.28. The summed E-state index contributed by atoms with van der Waals surface area (Å²) in [6.07, 6.45) is 2.03. The van der Waals surface area contributed by atoms with Gasteiger partial charge >= 0.3 is 0 Å². The van der Waals surface area contributed by atoms with Crippen LogP contribution in [0.5, 0.6) is 0 Å². The minimum atomic E-state index is 0.445. The predicted molar refractivity (Wildman–Crippen MR) is 81.6 cm³/mol. The molecule has 0 N–H and O–H groups in total. The Hall–Kier alpha value is -3.09. The molecule has 4 aromatic rings. The summed E-state index contributed by atoms with van der Waals surface area (Å²) in [5.41, 5.74) is 3.70. The molecule has 0 radical (unpaired) electrons. The van der Waals surface area contributed by atoms with Gasteiger partial charge in [-0.25, -0.2) is 0 Å². The third-order valence-electron chi connectivity index (χ3n) is 3.79. The van der Waals surface area contributed by atoms with Gasteiger partial charge in [-0.05, 0) is 37.6 Å². The van der Waals surface area contributed by atoms with E-state index in [2.05, 4.69) is 25.5 Å². The van der Waals surface area contributed by atoms with Crippen molar-refractivity contribution in [3.63, 3.8) is 0 Å². The lowest BCUT2D eigenvalue weighted by atomic mass is 10.1. The van der Waals surface area contributed by atoms with Crippen molar-refractivity contribution >= 4 is 10.9 Å². The Morgan fingerprint density at radius 2 is 1.96 bits per heavy atom. The van der Waals surface area contributed by atoms with E-state index < -0.39 is 0 Å². The summed E-state index contributed by atoms with van der Waals surface area (Å²) >= 11 is 0. The molecule has 0 fully saturated rings. The Labute approximate surface area is 131 Å². The highest BCUT2D eigenvalue weighted by molar-refractivity contribution is 5.85.